The van der Waals surface area contributed by atoms with Gasteiger partial charge in [-0.2, -0.15) is 0 Å². The molecule has 0 atom stereocenters. The maximum absolute atomic E-state index is 5.95. The van der Waals surface area contributed by atoms with Gasteiger partial charge in [0.15, 0.2) is 5.82 Å². The number of nitrogens with one attached hydrogen (secondary N) is 1. The molecule has 2 aromatic rings. The lowest BCUT2D eigenvalue weighted by Crippen LogP contribution is -2.08. The molecule has 0 fully saturated rings. The highest BCUT2D eigenvalue weighted by molar-refractivity contribution is 5.72. The molecule has 0 spiro atoms. The molecule has 0 aliphatic carbocycles. The van der Waals surface area contributed by atoms with Crippen molar-refractivity contribution in [2.75, 3.05) is 11.1 Å². The molecule has 19 heavy (non-hydrogen) atoms. The van der Waals surface area contributed by atoms with Crippen LogP contribution < -0.4 is 15.8 Å². The molecule has 100 valence electrons. The van der Waals surface area contributed by atoms with Gasteiger partial charge in [-0.25, -0.2) is 4.98 Å². The van der Waals surface area contributed by atoms with E-state index in [9.17, 15) is 0 Å². The quantitative estimate of drug-likeness (QED) is 0.880. The van der Waals surface area contributed by atoms with Crippen LogP contribution in [-0.2, 0) is 0 Å². The number of nitrogens with two attached hydrogens (primary N) is 1. The molecule has 0 saturated heterocycles. The Morgan fingerprint density at radius 2 is 2.00 bits per heavy atom. The first-order valence-corrected chi connectivity index (χ1v) is 6.31. The van der Waals surface area contributed by atoms with Gasteiger partial charge in [0.05, 0.1) is 17.5 Å². The molecular weight excluding hydrogens is 238 g/mol. The van der Waals surface area contributed by atoms with Crippen LogP contribution in [0.2, 0.25) is 0 Å². The first-order chi connectivity index (χ1) is 9.06. The van der Waals surface area contributed by atoms with Crippen molar-refractivity contribution in [3.05, 3.63) is 42.1 Å². The Balaban J connectivity index is 2.27. The number of nitrogens with zero attached hydrogens (tertiary/aromatic N) is 1. The second-order valence-corrected chi connectivity index (χ2v) is 4.74. The zero-order valence-corrected chi connectivity index (χ0v) is 11.5. The number of rotatable bonds is 4. The zero-order chi connectivity index (χ0) is 13.8. The lowest BCUT2D eigenvalue weighted by Gasteiger charge is -2.15. The molecule has 0 aliphatic heterocycles. The van der Waals surface area contributed by atoms with E-state index < -0.39 is 0 Å². The van der Waals surface area contributed by atoms with E-state index >= 15 is 0 Å². The average molecular weight is 257 g/mol. The van der Waals surface area contributed by atoms with Crippen molar-refractivity contribution < 1.29 is 4.74 Å². The smallest absolute Gasteiger partial charge is 0.153 e. The van der Waals surface area contributed by atoms with Crippen LogP contribution in [0.15, 0.2) is 36.5 Å². The van der Waals surface area contributed by atoms with E-state index in [0.29, 0.717) is 11.5 Å². The van der Waals surface area contributed by atoms with Gasteiger partial charge in [0.25, 0.3) is 0 Å². The fraction of sp³-hybridized carbons (Fsp3) is 0.267. The maximum atomic E-state index is 5.95. The van der Waals surface area contributed by atoms with Gasteiger partial charge < -0.3 is 15.8 Å². The van der Waals surface area contributed by atoms with Crippen LogP contribution >= 0.6 is 0 Å². The fourth-order valence-electron chi connectivity index (χ4n) is 1.75. The fourth-order valence-corrected chi connectivity index (χ4v) is 1.75. The van der Waals surface area contributed by atoms with Gasteiger partial charge in [0, 0.05) is 6.20 Å². The number of hydrogen-bond acceptors (Lipinski definition) is 4. The summed E-state index contributed by atoms with van der Waals surface area (Å²) in [5, 5.41) is 3.21. The molecule has 0 amide bonds. The Morgan fingerprint density at radius 3 is 2.68 bits per heavy atom. The third kappa shape index (κ3) is 3.37. The highest BCUT2D eigenvalue weighted by Gasteiger charge is 2.07. The van der Waals surface area contributed by atoms with E-state index in [-0.39, 0.29) is 6.10 Å². The molecule has 1 aromatic heterocycles. The summed E-state index contributed by atoms with van der Waals surface area (Å²) in [6.07, 6.45) is 1.90. The van der Waals surface area contributed by atoms with Crippen molar-refractivity contribution in [2.24, 2.45) is 0 Å². The molecule has 1 aromatic carbocycles. The molecule has 4 nitrogen and oxygen atoms in total. The van der Waals surface area contributed by atoms with E-state index in [4.69, 9.17) is 10.5 Å². The molecule has 0 unspecified atom stereocenters. The van der Waals surface area contributed by atoms with Crippen LogP contribution in [0.4, 0.5) is 17.2 Å². The first kappa shape index (κ1) is 13.2. The van der Waals surface area contributed by atoms with Crippen LogP contribution in [0.3, 0.4) is 0 Å². The van der Waals surface area contributed by atoms with Gasteiger partial charge in [-0.15, -0.1) is 0 Å². The summed E-state index contributed by atoms with van der Waals surface area (Å²) in [5.41, 5.74) is 8.48. The molecule has 0 aliphatic rings. The van der Waals surface area contributed by atoms with Gasteiger partial charge >= 0.3 is 0 Å². The van der Waals surface area contributed by atoms with E-state index in [1.54, 1.807) is 6.20 Å². The van der Waals surface area contributed by atoms with Gasteiger partial charge in [0.1, 0.15) is 5.75 Å². The number of pyridine rings is 1. The zero-order valence-electron chi connectivity index (χ0n) is 11.5. The van der Waals surface area contributed by atoms with Crippen LogP contribution in [0.5, 0.6) is 5.75 Å². The second kappa shape index (κ2) is 5.61. The second-order valence-electron chi connectivity index (χ2n) is 4.74. The number of aryl methyl sites for hydroxylation is 1. The summed E-state index contributed by atoms with van der Waals surface area (Å²) >= 11 is 0. The summed E-state index contributed by atoms with van der Waals surface area (Å²) in [6.45, 7) is 5.95. The number of nitrogen functional groups attached to an aromatic ring is 1. The van der Waals surface area contributed by atoms with Crippen molar-refractivity contribution in [1.82, 2.24) is 4.98 Å². The SMILES string of the molecule is Cc1cnc(Nc2ccccc2OC(C)C)c(N)c1. The molecule has 0 radical (unpaired) electrons. The predicted molar refractivity (Wildman–Crippen MR) is 78.9 cm³/mol. The van der Waals surface area contributed by atoms with Crippen molar-refractivity contribution in [2.45, 2.75) is 26.9 Å². The third-order valence-corrected chi connectivity index (χ3v) is 2.56. The topological polar surface area (TPSA) is 60.2 Å². The number of ether oxygens (including phenoxy) is 1. The monoisotopic (exact) mass is 257 g/mol. The van der Waals surface area contributed by atoms with Gasteiger partial charge in [-0.3, -0.25) is 0 Å². The Hall–Kier alpha value is -2.23. The number of hydrogen-bond donors (Lipinski definition) is 2. The van der Waals surface area contributed by atoms with E-state index in [1.807, 2.05) is 51.1 Å². The standard InChI is InChI=1S/C15H19N3O/c1-10(2)19-14-7-5-4-6-13(14)18-15-12(16)8-11(3)9-17-15/h4-10H,16H2,1-3H3,(H,17,18). The minimum atomic E-state index is 0.117. The Kier molecular flexibility index (Phi) is 3.90. The van der Waals surface area contributed by atoms with Crippen molar-refractivity contribution in [1.29, 1.82) is 0 Å². The highest BCUT2D eigenvalue weighted by Crippen LogP contribution is 2.29. The number of aromatic nitrogens is 1. The Labute approximate surface area is 113 Å². The number of benzene rings is 1. The predicted octanol–water partition coefficient (Wildman–Crippen LogP) is 3.50. The molecule has 0 saturated carbocycles. The van der Waals surface area contributed by atoms with Crippen LogP contribution in [-0.4, -0.2) is 11.1 Å². The normalized spacial score (nSPS) is 10.5. The van der Waals surface area contributed by atoms with Gasteiger partial charge in [-0.05, 0) is 44.5 Å². The summed E-state index contributed by atoms with van der Waals surface area (Å²) in [4.78, 5) is 4.30. The van der Waals surface area contributed by atoms with Crippen molar-refractivity contribution in [3.63, 3.8) is 0 Å². The molecule has 1 heterocycles. The summed E-state index contributed by atoms with van der Waals surface area (Å²) in [5.74, 6) is 1.43. The number of anilines is 3. The van der Waals surface area contributed by atoms with Crippen LogP contribution in [0.25, 0.3) is 0 Å². The lowest BCUT2D eigenvalue weighted by atomic mass is 10.2. The van der Waals surface area contributed by atoms with Crippen molar-refractivity contribution in [3.8, 4) is 5.75 Å². The van der Waals surface area contributed by atoms with Crippen molar-refractivity contribution >= 4 is 17.2 Å². The molecule has 3 N–H and O–H groups in total. The highest BCUT2D eigenvalue weighted by atomic mass is 16.5. The molecular formula is C15H19N3O. The molecule has 4 heteroatoms. The summed E-state index contributed by atoms with van der Waals surface area (Å²) in [6, 6.07) is 9.64. The average Bonchev–Trinajstić information content (AvgIpc) is 2.34. The first-order valence-electron chi connectivity index (χ1n) is 6.31. The van der Waals surface area contributed by atoms with E-state index in [0.717, 1.165) is 17.0 Å². The summed E-state index contributed by atoms with van der Waals surface area (Å²) in [7, 11) is 0. The van der Waals surface area contributed by atoms with E-state index in [2.05, 4.69) is 10.3 Å². The minimum absolute atomic E-state index is 0.117. The van der Waals surface area contributed by atoms with Crippen LogP contribution in [0, 0.1) is 6.92 Å². The third-order valence-electron chi connectivity index (χ3n) is 2.56. The minimum Gasteiger partial charge on any atom is -0.489 e. The Morgan fingerprint density at radius 1 is 1.26 bits per heavy atom. The largest absolute Gasteiger partial charge is 0.489 e. The lowest BCUT2D eigenvalue weighted by molar-refractivity contribution is 0.244. The van der Waals surface area contributed by atoms with E-state index in [1.165, 1.54) is 0 Å². The van der Waals surface area contributed by atoms with Crippen LogP contribution in [0.1, 0.15) is 19.4 Å². The molecule has 2 rings (SSSR count). The van der Waals surface area contributed by atoms with Gasteiger partial charge in [0.2, 0.25) is 0 Å². The Bertz CT molecular complexity index is 567. The number of para-hydroxylation sites is 2. The molecule has 0 bridgehead atoms. The van der Waals surface area contributed by atoms with Gasteiger partial charge in [-0.1, -0.05) is 12.1 Å². The maximum Gasteiger partial charge on any atom is 0.153 e. The summed E-state index contributed by atoms with van der Waals surface area (Å²) < 4.78 is 5.75.